The van der Waals surface area contributed by atoms with E-state index >= 15 is 0 Å². The molecule has 1 heterocycles. The van der Waals surface area contributed by atoms with Crippen molar-refractivity contribution in [2.75, 3.05) is 6.61 Å². The number of aromatic amines is 1. The first-order chi connectivity index (χ1) is 15.4. The van der Waals surface area contributed by atoms with Crippen LogP contribution in [-0.2, 0) is 6.42 Å². The number of fused-ring (bicyclic) bond motifs is 1. The first kappa shape index (κ1) is 26.1. The summed E-state index contributed by atoms with van der Waals surface area (Å²) in [4.78, 5) is 14.9. The first-order valence-corrected chi connectivity index (χ1v) is 11.3. The maximum Gasteiger partial charge on any atom is 0.160 e. The van der Waals surface area contributed by atoms with Crippen LogP contribution in [0, 0.1) is 5.92 Å². The Balaban J connectivity index is 0.000000233. The molecular formula is C30H37NO2. The van der Waals surface area contributed by atoms with Gasteiger partial charge in [0.15, 0.2) is 5.78 Å². The Kier molecular flexibility index (Phi) is 9.62. The van der Waals surface area contributed by atoms with Crippen LogP contribution < -0.4 is 0 Å². The molecule has 0 amide bonds. The number of hydrogen-bond donors (Lipinski definition) is 2. The van der Waals surface area contributed by atoms with Gasteiger partial charge < -0.3 is 10.1 Å². The van der Waals surface area contributed by atoms with Gasteiger partial charge in [0, 0.05) is 29.3 Å². The van der Waals surface area contributed by atoms with Crippen molar-refractivity contribution in [3.05, 3.63) is 95.7 Å². The van der Waals surface area contributed by atoms with E-state index in [-0.39, 0.29) is 19.8 Å². The highest BCUT2D eigenvalue weighted by atomic mass is 16.3. The lowest BCUT2D eigenvalue weighted by Crippen LogP contribution is -2.03. The molecule has 0 aliphatic carbocycles. The number of hydrogen-bond acceptors (Lipinski definition) is 2. The zero-order chi connectivity index (χ0) is 23.1. The third-order valence-electron chi connectivity index (χ3n) is 5.73. The van der Waals surface area contributed by atoms with Crippen molar-refractivity contribution >= 4 is 16.7 Å². The minimum absolute atomic E-state index is 0. The normalized spacial score (nSPS) is 11.5. The predicted octanol–water partition coefficient (Wildman–Crippen LogP) is 7.65. The molecule has 1 unspecified atom stereocenters. The molecule has 0 spiro atoms. The van der Waals surface area contributed by atoms with Gasteiger partial charge in [-0.1, -0.05) is 94.9 Å². The Morgan fingerprint density at radius 2 is 1.64 bits per heavy atom. The van der Waals surface area contributed by atoms with Gasteiger partial charge >= 0.3 is 0 Å². The fourth-order valence-electron chi connectivity index (χ4n) is 3.85. The highest BCUT2D eigenvalue weighted by Crippen LogP contribution is 2.27. The summed E-state index contributed by atoms with van der Waals surface area (Å²) in [6.45, 7) is 8.28. The van der Waals surface area contributed by atoms with Crippen LogP contribution in [0.3, 0.4) is 0 Å². The third kappa shape index (κ3) is 6.66. The number of H-pyrrole nitrogens is 1. The van der Waals surface area contributed by atoms with Crippen LogP contribution in [0.2, 0.25) is 0 Å². The van der Waals surface area contributed by atoms with E-state index in [1.165, 1.54) is 22.0 Å². The van der Waals surface area contributed by atoms with Crippen molar-refractivity contribution in [1.29, 1.82) is 0 Å². The van der Waals surface area contributed by atoms with Gasteiger partial charge in [0.25, 0.3) is 0 Å². The third-order valence-corrected chi connectivity index (χ3v) is 5.73. The summed E-state index contributed by atoms with van der Waals surface area (Å²) < 4.78 is 0. The zero-order valence-electron chi connectivity index (χ0n) is 19.4. The van der Waals surface area contributed by atoms with Gasteiger partial charge in [-0.3, -0.25) is 4.79 Å². The van der Waals surface area contributed by atoms with Gasteiger partial charge in [-0.05, 0) is 53.5 Å². The largest absolute Gasteiger partial charge is 0.396 e. The fourth-order valence-corrected chi connectivity index (χ4v) is 3.85. The van der Waals surface area contributed by atoms with E-state index in [1.54, 1.807) is 6.92 Å². The van der Waals surface area contributed by atoms with Crippen molar-refractivity contribution < 1.29 is 9.90 Å². The lowest BCUT2D eigenvalue weighted by Gasteiger charge is -2.10. The van der Waals surface area contributed by atoms with Crippen molar-refractivity contribution in [2.45, 2.75) is 47.5 Å². The van der Waals surface area contributed by atoms with Gasteiger partial charge in [0.2, 0.25) is 0 Å². The maximum atomic E-state index is 11.7. The number of carbonyl (C=O) groups excluding carboxylic acids is 1. The number of para-hydroxylation sites is 1. The lowest BCUT2D eigenvalue weighted by molar-refractivity contribution is 0.101. The number of aromatic nitrogens is 1. The molecular weight excluding hydrogens is 406 g/mol. The molecule has 0 radical (unpaired) electrons. The molecule has 0 aliphatic heterocycles. The van der Waals surface area contributed by atoms with Crippen LogP contribution in [-0.4, -0.2) is 22.5 Å². The average Bonchev–Trinajstić information content (AvgIpc) is 3.22. The molecule has 0 saturated carbocycles. The number of aliphatic hydroxyl groups is 1. The Labute approximate surface area is 198 Å². The first-order valence-electron chi connectivity index (χ1n) is 11.3. The summed E-state index contributed by atoms with van der Waals surface area (Å²) in [5.74, 6) is 0.934. The predicted molar refractivity (Wildman–Crippen MR) is 141 cm³/mol. The summed E-state index contributed by atoms with van der Waals surface area (Å²) in [5, 5.41) is 10.3. The summed E-state index contributed by atoms with van der Waals surface area (Å²) in [5.41, 5.74) is 6.69. The van der Waals surface area contributed by atoms with Gasteiger partial charge in [0.1, 0.15) is 0 Å². The molecule has 3 aromatic carbocycles. The number of carbonyl (C=O) groups is 1. The quantitative estimate of drug-likeness (QED) is 0.301. The van der Waals surface area contributed by atoms with Crippen LogP contribution in [0.1, 0.15) is 62.5 Å². The molecule has 0 bridgehead atoms. The molecule has 3 nitrogen and oxygen atoms in total. The summed E-state index contributed by atoms with van der Waals surface area (Å²) in [6.07, 6.45) is 2.97. The summed E-state index contributed by atoms with van der Waals surface area (Å²) in [6, 6.07) is 24.5. The zero-order valence-corrected chi connectivity index (χ0v) is 19.4. The van der Waals surface area contributed by atoms with E-state index in [2.05, 4.69) is 62.2 Å². The number of ketones is 1. The Morgan fingerprint density at radius 1 is 0.939 bits per heavy atom. The van der Waals surface area contributed by atoms with E-state index in [1.807, 2.05) is 42.6 Å². The Bertz CT molecular complexity index is 1170. The smallest absolute Gasteiger partial charge is 0.160 e. The molecule has 0 saturated heterocycles. The molecule has 3 heteroatoms. The van der Waals surface area contributed by atoms with E-state index < -0.39 is 0 Å². The second kappa shape index (κ2) is 12.2. The molecule has 33 heavy (non-hydrogen) atoms. The number of Topliss-reactive ketones (excluding diaryl/α,β-unsaturated/α-hetero) is 1. The van der Waals surface area contributed by atoms with Gasteiger partial charge in [-0.2, -0.15) is 0 Å². The van der Waals surface area contributed by atoms with Crippen molar-refractivity contribution in [3.63, 3.8) is 0 Å². The molecule has 1 atom stereocenters. The summed E-state index contributed by atoms with van der Waals surface area (Å²) >= 11 is 0. The van der Waals surface area contributed by atoms with E-state index in [0.717, 1.165) is 23.1 Å². The number of rotatable bonds is 6. The molecule has 4 rings (SSSR count). The highest BCUT2D eigenvalue weighted by Gasteiger charge is 2.09. The molecule has 2 N–H and O–H groups in total. The molecule has 0 aliphatic rings. The van der Waals surface area contributed by atoms with Gasteiger partial charge in [0.05, 0.1) is 0 Å². The van der Waals surface area contributed by atoms with Crippen molar-refractivity contribution in [2.24, 2.45) is 5.92 Å². The van der Waals surface area contributed by atoms with E-state index in [9.17, 15) is 4.79 Å². The van der Waals surface area contributed by atoms with Crippen LogP contribution in [0.4, 0.5) is 0 Å². The van der Waals surface area contributed by atoms with Crippen LogP contribution in [0.5, 0.6) is 0 Å². The number of nitrogens with one attached hydrogen (secondary N) is 1. The minimum Gasteiger partial charge on any atom is -0.396 e. The Hall–Kier alpha value is -3.17. The average molecular weight is 444 g/mol. The van der Waals surface area contributed by atoms with Crippen molar-refractivity contribution in [1.82, 2.24) is 4.98 Å². The van der Waals surface area contributed by atoms with Crippen LogP contribution >= 0.6 is 0 Å². The summed E-state index contributed by atoms with van der Waals surface area (Å²) in [7, 11) is 0. The van der Waals surface area contributed by atoms with Crippen LogP contribution in [0.15, 0.2) is 79.0 Å². The van der Waals surface area contributed by atoms with Gasteiger partial charge in [-0.25, -0.2) is 0 Å². The molecule has 0 fully saturated rings. The molecule has 1 aromatic heterocycles. The molecule has 174 valence electrons. The molecule has 4 aromatic rings. The highest BCUT2D eigenvalue weighted by molar-refractivity contribution is 6.00. The lowest BCUT2D eigenvalue weighted by atomic mass is 9.94. The topological polar surface area (TPSA) is 53.1 Å². The number of aliphatic hydroxyl groups excluding tert-OH is 1. The SMILES string of the molecule is C.CC(=O)c1ccccc1-c1cccc(C(C)C)c1.CC(CO)Cc1c[nH]c2ccccc12. The second-order valence-corrected chi connectivity index (χ2v) is 8.73. The van der Waals surface area contributed by atoms with E-state index in [0.29, 0.717) is 11.8 Å². The standard InChI is InChI=1S/C17H18O.C12H15NO.CH4/c1-12(2)14-7-6-8-15(11-14)17-10-5-4-9-16(17)13(3)18;1-9(8-14)6-10-7-13-12-5-3-2-4-11(10)12;/h4-12H,1-3H3;2-5,7,9,13-14H,6,8H2,1H3;1H4. The monoisotopic (exact) mass is 443 g/mol. The minimum atomic E-state index is 0. The van der Waals surface area contributed by atoms with Crippen LogP contribution in [0.25, 0.3) is 22.0 Å². The fraction of sp³-hybridized carbons (Fsp3) is 0.300. The maximum absolute atomic E-state index is 11.7. The van der Waals surface area contributed by atoms with Gasteiger partial charge in [-0.15, -0.1) is 0 Å². The Morgan fingerprint density at radius 3 is 2.33 bits per heavy atom. The van der Waals surface area contributed by atoms with E-state index in [4.69, 9.17) is 5.11 Å². The van der Waals surface area contributed by atoms with Crippen molar-refractivity contribution in [3.8, 4) is 11.1 Å². The second-order valence-electron chi connectivity index (χ2n) is 8.73. The number of benzene rings is 3.